The molecule has 1 aliphatic carbocycles. The third-order valence-electron chi connectivity index (χ3n) is 3.26. The second-order valence-corrected chi connectivity index (χ2v) is 6.35. The largest absolute Gasteiger partial charge is 0.586 e. The van der Waals surface area contributed by atoms with Gasteiger partial charge in [-0.2, -0.15) is 0 Å². The molecule has 0 spiro atoms. The number of hydrogen-bond acceptors (Lipinski definition) is 4. The van der Waals surface area contributed by atoms with Gasteiger partial charge in [-0.05, 0) is 30.5 Å². The van der Waals surface area contributed by atoms with Crippen LogP contribution in [0.25, 0.3) is 0 Å². The van der Waals surface area contributed by atoms with Crippen LogP contribution in [0.1, 0.15) is 18.4 Å². The average molecular weight is 303 g/mol. The van der Waals surface area contributed by atoms with Crippen LogP contribution in [0.3, 0.4) is 0 Å². The highest BCUT2D eigenvalue weighted by Gasteiger charge is 2.49. The zero-order chi connectivity index (χ0) is 14.6. The van der Waals surface area contributed by atoms with E-state index in [1.165, 1.54) is 12.1 Å². The molecule has 1 aromatic carbocycles. The average Bonchev–Trinajstić information content (AvgIpc) is 3.03. The fraction of sp³-hybridized carbons (Fsp3) is 0.333. The molecule has 1 heterocycles. The molecule has 3 rings (SSSR count). The van der Waals surface area contributed by atoms with Gasteiger partial charge >= 0.3 is 6.29 Å². The Balaban J connectivity index is 1.92. The number of hydrogen-bond donors (Lipinski definition) is 1. The highest BCUT2D eigenvalue weighted by Crippen LogP contribution is 2.50. The molecule has 0 atom stereocenters. The number of benzene rings is 1. The number of fused-ring (bicyclic) bond motifs is 1. The summed E-state index contributed by atoms with van der Waals surface area (Å²) < 4.78 is 60.1. The molecule has 2 aliphatic rings. The second kappa shape index (κ2) is 3.92. The fourth-order valence-corrected chi connectivity index (χ4v) is 3.09. The SMILES string of the molecule is C=CS(=O)(=O)NC1(c2ccc3c(c2)OC(F)(F)O3)CC1. The summed E-state index contributed by atoms with van der Waals surface area (Å²) in [7, 11) is -3.61. The lowest BCUT2D eigenvalue weighted by atomic mass is 10.1. The Labute approximate surface area is 114 Å². The van der Waals surface area contributed by atoms with Crippen molar-refractivity contribution in [3.8, 4) is 11.5 Å². The van der Waals surface area contributed by atoms with Crippen molar-refractivity contribution in [2.24, 2.45) is 0 Å². The molecule has 0 bridgehead atoms. The first kappa shape index (κ1) is 13.3. The van der Waals surface area contributed by atoms with Gasteiger partial charge in [-0.3, -0.25) is 0 Å². The number of ether oxygens (including phenoxy) is 2. The van der Waals surface area contributed by atoms with Gasteiger partial charge < -0.3 is 9.47 Å². The smallest absolute Gasteiger partial charge is 0.395 e. The van der Waals surface area contributed by atoms with Crippen molar-refractivity contribution in [1.29, 1.82) is 0 Å². The molecule has 5 nitrogen and oxygen atoms in total. The van der Waals surface area contributed by atoms with Gasteiger partial charge in [0, 0.05) is 5.41 Å². The first-order chi connectivity index (χ1) is 9.25. The van der Waals surface area contributed by atoms with Gasteiger partial charge in [-0.25, -0.2) is 13.1 Å². The fourth-order valence-electron chi connectivity index (χ4n) is 2.14. The molecule has 0 unspecified atom stereocenters. The second-order valence-electron chi connectivity index (χ2n) is 4.72. The Morgan fingerprint density at radius 1 is 1.25 bits per heavy atom. The van der Waals surface area contributed by atoms with Crippen LogP contribution in [-0.4, -0.2) is 14.7 Å². The van der Waals surface area contributed by atoms with Crippen molar-refractivity contribution in [2.75, 3.05) is 0 Å². The molecule has 1 aromatic rings. The summed E-state index contributed by atoms with van der Waals surface area (Å²) in [5.74, 6) is -0.169. The van der Waals surface area contributed by atoms with Crippen LogP contribution in [-0.2, 0) is 15.6 Å². The van der Waals surface area contributed by atoms with Gasteiger partial charge in [0.1, 0.15) is 0 Å². The standard InChI is InChI=1S/C12H11F2NO4S/c1-2-20(16,17)15-11(5-6-11)8-3-4-9-10(7-8)19-12(13,14)18-9/h2-4,7,15H,1,5-6H2. The van der Waals surface area contributed by atoms with Crippen LogP contribution >= 0.6 is 0 Å². The van der Waals surface area contributed by atoms with Crippen molar-refractivity contribution in [1.82, 2.24) is 4.72 Å². The van der Waals surface area contributed by atoms with E-state index in [2.05, 4.69) is 20.8 Å². The Bertz CT molecular complexity index is 683. The van der Waals surface area contributed by atoms with Gasteiger partial charge in [0.2, 0.25) is 10.0 Å². The number of alkyl halides is 2. The molecule has 0 aromatic heterocycles. The summed E-state index contributed by atoms with van der Waals surface area (Å²) in [6.07, 6.45) is -2.52. The minimum absolute atomic E-state index is 0.0684. The van der Waals surface area contributed by atoms with Crippen LogP contribution in [0.5, 0.6) is 11.5 Å². The molecule has 0 saturated heterocycles. The molecule has 8 heteroatoms. The summed E-state index contributed by atoms with van der Waals surface area (Å²) in [4.78, 5) is 0. The zero-order valence-corrected chi connectivity index (χ0v) is 11.0. The Morgan fingerprint density at radius 3 is 2.50 bits per heavy atom. The molecule has 0 radical (unpaired) electrons. The number of sulfonamides is 1. The van der Waals surface area contributed by atoms with E-state index in [4.69, 9.17) is 0 Å². The summed E-state index contributed by atoms with van der Waals surface area (Å²) >= 11 is 0. The normalized spacial score (nSPS) is 21.5. The van der Waals surface area contributed by atoms with Gasteiger partial charge in [-0.15, -0.1) is 8.78 Å². The van der Waals surface area contributed by atoms with Crippen molar-refractivity contribution in [2.45, 2.75) is 24.7 Å². The summed E-state index contributed by atoms with van der Waals surface area (Å²) in [5, 5.41) is 0.814. The Hall–Kier alpha value is -1.67. The summed E-state index contributed by atoms with van der Waals surface area (Å²) in [5.41, 5.74) is -0.216. The van der Waals surface area contributed by atoms with Crippen molar-refractivity contribution < 1.29 is 26.7 Å². The maximum absolute atomic E-state index is 12.9. The van der Waals surface area contributed by atoms with Crippen molar-refractivity contribution in [3.63, 3.8) is 0 Å². The monoisotopic (exact) mass is 303 g/mol. The van der Waals surface area contributed by atoms with Crippen molar-refractivity contribution in [3.05, 3.63) is 35.7 Å². The van der Waals surface area contributed by atoms with Gasteiger partial charge in [-0.1, -0.05) is 12.6 Å². The topological polar surface area (TPSA) is 64.6 Å². The van der Waals surface area contributed by atoms with E-state index in [9.17, 15) is 17.2 Å². The molecule has 0 amide bonds. The Kier molecular flexibility index (Phi) is 2.61. The molecule has 1 aliphatic heterocycles. The molecular formula is C12H11F2NO4S. The molecule has 1 saturated carbocycles. The number of halogens is 2. The van der Waals surface area contributed by atoms with E-state index in [0.717, 1.165) is 5.41 Å². The third kappa shape index (κ3) is 2.25. The summed E-state index contributed by atoms with van der Waals surface area (Å²) in [6.45, 7) is 3.22. The minimum Gasteiger partial charge on any atom is -0.395 e. The maximum Gasteiger partial charge on any atom is 0.586 e. The lowest BCUT2D eigenvalue weighted by Gasteiger charge is -2.16. The lowest BCUT2D eigenvalue weighted by molar-refractivity contribution is -0.286. The molecule has 20 heavy (non-hydrogen) atoms. The molecule has 1 fully saturated rings. The van der Waals surface area contributed by atoms with E-state index in [1.54, 1.807) is 6.07 Å². The van der Waals surface area contributed by atoms with E-state index in [1.807, 2.05) is 0 Å². The molecule has 1 N–H and O–H groups in total. The minimum atomic E-state index is -3.68. The van der Waals surface area contributed by atoms with E-state index >= 15 is 0 Å². The summed E-state index contributed by atoms with van der Waals surface area (Å²) in [6, 6.07) is 4.25. The van der Waals surface area contributed by atoms with E-state index in [-0.39, 0.29) is 11.5 Å². The van der Waals surface area contributed by atoms with Crippen molar-refractivity contribution >= 4 is 10.0 Å². The van der Waals surface area contributed by atoms with Gasteiger partial charge in [0.05, 0.1) is 5.54 Å². The van der Waals surface area contributed by atoms with Crippen LogP contribution in [0, 0.1) is 0 Å². The van der Waals surface area contributed by atoms with Gasteiger partial charge in [0.15, 0.2) is 11.5 Å². The Morgan fingerprint density at radius 2 is 1.90 bits per heavy atom. The highest BCUT2D eigenvalue weighted by molar-refractivity contribution is 7.92. The maximum atomic E-state index is 12.9. The van der Waals surface area contributed by atoms with Gasteiger partial charge in [0.25, 0.3) is 0 Å². The van der Waals surface area contributed by atoms with E-state index in [0.29, 0.717) is 18.4 Å². The van der Waals surface area contributed by atoms with Crippen LogP contribution in [0.2, 0.25) is 0 Å². The predicted octanol–water partition coefficient (Wildman–Crippen LogP) is 2.06. The van der Waals surface area contributed by atoms with Crippen LogP contribution < -0.4 is 14.2 Å². The predicted molar refractivity (Wildman–Crippen MR) is 65.8 cm³/mol. The zero-order valence-electron chi connectivity index (χ0n) is 10.2. The van der Waals surface area contributed by atoms with Crippen LogP contribution in [0.4, 0.5) is 8.78 Å². The molecule has 108 valence electrons. The first-order valence-corrected chi connectivity index (χ1v) is 7.37. The van der Waals surface area contributed by atoms with Crippen LogP contribution in [0.15, 0.2) is 30.2 Å². The first-order valence-electron chi connectivity index (χ1n) is 5.82. The quantitative estimate of drug-likeness (QED) is 0.924. The number of rotatable bonds is 4. The third-order valence-corrected chi connectivity index (χ3v) is 4.37. The molecular weight excluding hydrogens is 292 g/mol. The number of nitrogens with one attached hydrogen (secondary N) is 1. The lowest BCUT2D eigenvalue weighted by Crippen LogP contribution is -2.33. The van der Waals surface area contributed by atoms with E-state index < -0.39 is 21.9 Å². The highest BCUT2D eigenvalue weighted by atomic mass is 32.2.